The number of carbonyl (C=O) groups is 2. The van der Waals surface area contributed by atoms with Gasteiger partial charge in [-0.15, -0.1) is 0 Å². The van der Waals surface area contributed by atoms with E-state index in [2.05, 4.69) is 42.0 Å². The molecule has 310 valence electrons. The van der Waals surface area contributed by atoms with Crippen molar-refractivity contribution in [3.8, 4) is 0 Å². The Balaban J connectivity index is 0.000000214. The van der Waals surface area contributed by atoms with Crippen molar-refractivity contribution in [2.75, 3.05) is 65.0 Å². The largest absolute Gasteiger partial charge is 1.00 e. The van der Waals surface area contributed by atoms with E-state index < -0.39 is 32.5 Å². The SMILES string of the molecule is CN1CCC[C@H]1CN(C)S(=O)(=O)NC(=O)Nc1c2c(cc3c1CCC3)CCC2.CN1CCC[C@H]1CN(C)S(=O)(=O)NC(=O)Nc1c2c(cc3c1CCC3)CCC2.[H-].[Na+]. The van der Waals surface area contributed by atoms with Crippen LogP contribution in [0.3, 0.4) is 0 Å². The van der Waals surface area contributed by atoms with Crippen LogP contribution < -0.4 is 49.6 Å². The van der Waals surface area contributed by atoms with Crippen LogP contribution in [0.25, 0.3) is 0 Å². The van der Waals surface area contributed by atoms with E-state index in [9.17, 15) is 26.4 Å². The van der Waals surface area contributed by atoms with Crippen molar-refractivity contribution in [1.29, 1.82) is 0 Å². The second-order valence-corrected chi connectivity index (χ2v) is 20.3. The third kappa shape index (κ3) is 10.0. The fraction of sp³-hybridized carbons (Fsp3) is 0.650. The molecule has 6 aliphatic rings. The van der Waals surface area contributed by atoms with Gasteiger partial charge in [0.05, 0.1) is 0 Å². The molecule has 8 rings (SSSR count). The molecular weight excluding hydrogens is 776 g/mol. The average Bonchev–Trinajstić information content (AvgIpc) is 3.99. The molecule has 2 atom stereocenters. The van der Waals surface area contributed by atoms with Gasteiger partial charge in [-0.05, 0) is 174 Å². The second-order valence-electron chi connectivity index (χ2n) is 16.7. The zero-order chi connectivity index (χ0) is 39.8. The summed E-state index contributed by atoms with van der Waals surface area (Å²) < 4.78 is 57.4. The number of amides is 4. The zero-order valence-corrected chi connectivity index (χ0v) is 38.1. The molecule has 0 spiro atoms. The molecule has 2 heterocycles. The van der Waals surface area contributed by atoms with Gasteiger partial charge in [-0.2, -0.15) is 25.4 Å². The van der Waals surface area contributed by atoms with Crippen molar-refractivity contribution in [3.63, 3.8) is 0 Å². The maximum atomic E-state index is 12.6. The summed E-state index contributed by atoms with van der Waals surface area (Å²) in [6.07, 6.45) is 16.4. The summed E-state index contributed by atoms with van der Waals surface area (Å²) in [7, 11) is -0.676. The summed E-state index contributed by atoms with van der Waals surface area (Å²) in [6.45, 7) is 2.73. The molecule has 4 aliphatic carbocycles. The third-order valence-corrected chi connectivity index (χ3v) is 15.8. The van der Waals surface area contributed by atoms with Crippen molar-refractivity contribution in [2.45, 2.75) is 115 Å². The molecule has 57 heavy (non-hydrogen) atoms. The second kappa shape index (κ2) is 18.5. The first-order valence-electron chi connectivity index (χ1n) is 20.5. The number of likely N-dealkylation sites (N-methyl/N-ethyl adjacent to an activating group) is 4. The van der Waals surface area contributed by atoms with Crippen LogP contribution in [0.2, 0.25) is 0 Å². The Morgan fingerprint density at radius 2 is 0.912 bits per heavy atom. The Bertz CT molecular complexity index is 1860. The Morgan fingerprint density at radius 3 is 1.19 bits per heavy atom. The summed E-state index contributed by atoms with van der Waals surface area (Å²) >= 11 is 0. The number of benzene rings is 2. The normalized spacial score (nSPS) is 21.4. The summed E-state index contributed by atoms with van der Waals surface area (Å²) in [5.74, 6) is 0. The summed E-state index contributed by atoms with van der Waals surface area (Å²) in [4.78, 5) is 29.5. The number of urea groups is 2. The number of hydrogen-bond acceptors (Lipinski definition) is 8. The zero-order valence-electron chi connectivity index (χ0n) is 35.5. The monoisotopic (exact) mass is 836 g/mol. The van der Waals surface area contributed by atoms with E-state index in [1.165, 1.54) is 67.2 Å². The number of nitrogens with one attached hydrogen (secondary N) is 4. The molecule has 2 aromatic carbocycles. The van der Waals surface area contributed by atoms with Crippen molar-refractivity contribution < 1.29 is 57.4 Å². The Kier molecular flexibility index (Phi) is 14.4. The number of rotatable bonds is 10. The molecule has 0 saturated carbocycles. The van der Waals surface area contributed by atoms with Gasteiger partial charge >= 0.3 is 62.0 Å². The molecule has 2 aliphatic heterocycles. The molecule has 2 saturated heterocycles. The van der Waals surface area contributed by atoms with Gasteiger partial charge in [-0.1, -0.05) is 12.1 Å². The molecule has 17 heteroatoms. The smallest absolute Gasteiger partial charge is 1.00 e. The van der Waals surface area contributed by atoms with E-state index in [1.54, 1.807) is 0 Å². The van der Waals surface area contributed by atoms with Crippen LogP contribution in [0.1, 0.15) is 97.3 Å². The predicted octanol–water partition coefficient (Wildman–Crippen LogP) is 1.23. The Morgan fingerprint density at radius 1 is 0.596 bits per heavy atom. The Hall–Kier alpha value is -2.28. The number of hydrogen-bond donors (Lipinski definition) is 4. The summed E-state index contributed by atoms with van der Waals surface area (Å²) in [6, 6.07) is 3.64. The standard InChI is InChI=1S/2C20H30N4O3S.Na.H/c2*1-23-11-5-8-16(23)13-24(2)28(26,27)22-20(25)21-19-17-9-3-6-14(17)12-15-7-4-10-18(15)19;;/h2*12,16H,3-11,13H2,1-2H3,(H2,21,22,25);;/q;;+1;-1/t2*16-;;/m00../s1. The minimum Gasteiger partial charge on any atom is -1.00 e. The van der Waals surface area contributed by atoms with Crippen LogP contribution in [0.5, 0.6) is 0 Å². The van der Waals surface area contributed by atoms with Gasteiger partial charge in [-0.3, -0.25) is 0 Å². The van der Waals surface area contributed by atoms with Crippen LogP contribution >= 0.6 is 0 Å². The van der Waals surface area contributed by atoms with E-state index in [0.717, 1.165) is 127 Å². The molecule has 4 amide bonds. The first-order chi connectivity index (χ1) is 26.7. The first kappa shape index (κ1) is 44.3. The van der Waals surface area contributed by atoms with E-state index in [4.69, 9.17) is 0 Å². The topological polar surface area (TPSA) is 163 Å². The van der Waals surface area contributed by atoms with Gasteiger partial charge in [0.1, 0.15) is 0 Å². The molecule has 2 aromatic rings. The van der Waals surface area contributed by atoms with Crippen molar-refractivity contribution in [1.82, 2.24) is 27.9 Å². The molecule has 4 N–H and O–H groups in total. The predicted molar refractivity (Wildman–Crippen MR) is 221 cm³/mol. The quantitative estimate of drug-likeness (QED) is 0.260. The van der Waals surface area contributed by atoms with Crippen LogP contribution in [-0.4, -0.2) is 114 Å². The summed E-state index contributed by atoms with van der Waals surface area (Å²) in [5, 5.41) is 5.78. The minimum absolute atomic E-state index is 0. The van der Waals surface area contributed by atoms with Gasteiger partial charge in [0, 0.05) is 50.6 Å². The van der Waals surface area contributed by atoms with Gasteiger partial charge in [0.15, 0.2) is 0 Å². The maximum Gasteiger partial charge on any atom is 1.00 e. The van der Waals surface area contributed by atoms with E-state index >= 15 is 0 Å². The number of nitrogens with zero attached hydrogens (tertiary/aromatic N) is 4. The van der Waals surface area contributed by atoms with Crippen LogP contribution in [0, 0.1) is 0 Å². The molecule has 0 unspecified atom stereocenters. The average molecular weight is 837 g/mol. The van der Waals surface area contributed by atoms with E-state index in [1.807, 2.05) is 14.1 Å². The van der Waals surface area contributed by atoms with Crippen LogP contribution in [-0.2, 0) is 71.8 Å². The fourth-order valence-electron chi connectivity index (χ4n) is 9.81. The van der Waals surface area contributed by atoms with Gasteiger partial charge < -0.3 is 21.9 Å². The van der Waals surface area contributed by atoms with Crippen LogP contribution in [0.4, 0.5) is 21.0 Å². The van der Waals surface area contributed by atoms with Crippen molar-refractivity contribution in [2.24, 2.45) is 0 Å². The molecule has 0 radical (unpaired) electrons. The number of carbonyl (C=O) groups excluding carboxylic acids is 2. The van der Waals surface area contributed by atoms with Crippen molar-refractivity contribution in [3.05, 3.63) is 56.6 Å². The van der Waals surface area contributed by atoms with Crippen LogP contribution in [0.15, 0.2) is 12.1 Å². The van der Waals surface area contributed by atoms with Gasteiger partial charge in [-0.25, -0.2) is 19.0 Å². The van der Waals surface area contributed by atoms with E-state index in [0.29, 0.717) is 13.1 Å². The molecule has 0 bridgehead atoms. The summed E-state index contributed by atoms with van der Waals surface area (Å²) in [5.41, 5.74) is 11.7. The number of fused-ring (bicyclic) bond motifs is 4. The third-order valence-electron chi connectivity index (χ3n) is 13.0. The number of aryl methyl sites for hydroxylation is 4. The number of anilines is 2. The van der Waals surface area contributed by atoms with Gasteiger partial charge in [0.2, 0.25) is 0 Å². The van der Waals surface area contributed by atoms with Crippen molar-refractivity contribution >= 4 is 43.9 Å². The molecule has 2 fully saturated rings. The van der Waals surface area contributed by atoms with E-state index in [-0.39, 0.29) is 43.1 Å². The Labute approximate surface area is 363 Å². The first-order valence-corrected chi connectivity index (χ1v) is 23.4. The minimum atomic E-state index is -3.87. The molecular formula is C40H61N8NaO6S2. The molecule has 14 nitrogen and oxygen atoms in total. The molecule has 0 aromatic heterocycles. The maximum absolute atomic E-state index is 12.6. The number of likely N-dealkylation sites (tertiary alicyclic amines) is 2. The van der Waals surface area contributed by atoms with Gasteiger partial charge in [0.25, 0.3) is 0 Å². The fourth-order valence-corrected chi connectivity index (χ4v) is 11.4.